The summed E-state index contributed by atoms with van der Waals surface area (Å²) in [6, 6.07) is 10.2. The van der Waals surface area contributed by atoms with Crippen LogP contribution >= 0.6 is 0 Å². The number of aliphatic imine (C=N–C) groups is 1. The van der Waals surface area contributed by atoms with Crippen LogP contribution in [0.2, 0.25) is 0 Å². The smallest absolute Gasteiger partial charge is 0.189 e. The zero-order chi connectivity index (χ0) is 14.6. The number of nitrogens with two attached hydrogens (primary N) is 1. The molecule has 0 spiro atoms. The quantitative estimate of drug-likeness (QED) is 0.492. The zero-order valence-electron chi connectivity index (χ0n) is 12.2. The summed E-state index contributed by atoms with van der Waals surface area (Å²) in [5.41, 5.74) is 5.86. The highest BCUT2D eigenvalue weighted by Gasteiger charge is 2.50. The molecular weight excluding hydrogens is 250 g/mol. The van der Waals surface area contributed by atoms with Gasteiger partial charge in [0.25, 0.3) is 0 Å². The van der Waals surface area contributed by atoms with Gasteiger partial charge in [-0.1, -0.05) is 38.1 Å². The Labute approximate surface area is 120 Å². The Morgan fingerprint density at radius 3 is 2.80 bits per heavy atom. The van der Waals surface area contributed by atoms with Gasteiger partial charge in [-0.25, -0.2) is 4.99 Å². The van der Waals surface area contributed by atoms with Crippen molar-refractivity contribution in [3.05, 3.63) is 43.0 Å². The second kappa shape index (κ2) is 5.99. The number of ether oxygens (including phenoxy) is 1. The number of rotatable bonds is 5. The molecule has 1 fully saturated rings. The fourth-order valence-electron chi connectivity index (χ4n) is 2.38. The lowest BCUT2D eigenvalue weighted by atomic mass is 9.64. The molecular formula is C16H23N3O. The molecule has 2 atom stereocenters. The van der Waals surface area contributed by atoms with E-state index in [1.165, 1.54) is 0 Å². The van der Waals surface area contributed by atoms with E-state index in [1.54, 1.807) is 6.08 Å². The third-order valence-corrected chi connectivity index (χ3v) is 3.91. The first-order chi connectivity index (χ1) is 9.54. The lowest BCUT2D eigenvalue weighted by Crippen LogP contribution is -2.64. The minimum absolute atomic E-state index is 0.0180. The number of guanidine groups is 1. The van der Waals surface area contributed by atoms with Crippen molar-refractivity contribution in [2.24, 2.45) is 16.1 Å². The Morgan fingerprint density at radius 1 is 1.50 bits per heavy atom. The van der Waals surface area contributed by atoms with Crippen molar-refractivity contribution >= 4 is 5.96 Å². The first kappa shape index (κ1) is 14.4. The molecule has 0 unspecified atom stereocenters. The van der Waals surface area contributed by atoms with E-state index in [0.29, 0.717) is 12.5 Å². The SMILES string of the molecule is C=CCN=C(N)N[C@H]1C[C@@H](Oc2ccccc2)C1(C)C. The Balaban J connectivity index is 1.90. The van der Waals surface area contributed by atoms with E-state index in [0.717, 1.165) is 12.2 Å². The maximum atomic E-state index is 6.02. The molecule has 4 nitrogen and oxygen atoms in total. The lowest BCUT2D eigenvalue weighted by molar-refractivity contribution is -0.0479. The number of benzene rings is 1. The molecule has 20 heavy (non-hydrogen) atoms. The minimum Gasteiger partial charge on any atom is -0.490 e. The Hall–Kier alpha value is -1.97. The van der Waals surface area contributed by atoms with Gasteiger partial charge < -0.3 is 15.8 Å². The van der Waals surface area contributed by atoms with Crippen molar-refractivity contribution in [1.29, 1.82) is 0 Å². The van der Waals surface area contributed by atoms with Crippen LogP contribution in [0.1, 0.15) is 20.3 Å². The van der Waals surface area contributed by atoms with E-state index >= 15 is 0 Å². The number of hydrogen-bond acceptors (Lipinski definition) is 2. The molecule has 0 amide bonds. The third-order valence-electron chi connectivity index (χ3n) is 3.91. The maximum Gasteiger partial charge on any atom is 0.189 e. The van der Waals surface area contributed by atoms with Gasteiger partial charge in [0.1, 0.15) is 11.9 Å². The summed E-state index contributed by atoms with van der Waals surface area (Å²) in [6.07, 6.45) is 2.84. The van der Waals surface area contributed by atoms with Gasteiger partial charge in [-0.15, -0.1) is 6.58 Å². The molecule has 0 radical (unpaired) electrons. The zero-order valence-corrected chi connectivity index (χ0v) is 12.2. The summed E-state index contributed by atoms with van der Waals surface area (Å²) < 4.78 is 6.02. The van der Waals surface area contributed by atoms with Gasteiger partial charge in [-0.2, -0.15) is 0 Å². The maximum absolute atomic E-state index is 6.02. The molecule has 1 aromatic carbocycles. The minimum atomic E-state index is 0.0180. The fourth-order valence-corrected chi connectivity index (χ4v) is 2.38. The summed E-state index contributed by atoms with van der Waals surface area (Å²) in [5.74, 6) is 1.39. The van der Waals surface area contributed by atoms with Gasteiger partial charge in [-0.05, 0) is 12.1 Å². The first-order valence-electron chi connectivity index (χ1n) is 6.93. The third kappa shape index (κ3) is 3.13. The predicted molar refractivity (Wildman–Crippen MR) is 82.9 cm³/mol. The lowest BCUT2D eigenvalue weighted by Gasteiger charge is -2.51. The van der Waals surface area contributed by atoms with Crippen molar-refractivity contribution in [3.63, 3.8) is 0 Å². The molecule has 3 N–H and O–H groups in total. The van der Waals surface area contributed by atoms with Crippen molar-refractivity contribution in [2.45, 2.75) is 32.4 Å². The van der Waals surface area contributed by atoms with Crippen molar-refractivity contribution in [3.8, 4) is 5.75 Å². The fraction of sp³-hybridized carbons (Fsp3) is 0.438. The monoisotopic (exact) mass is 273 g/mol. The van der Waals surface area contributed by atoms with Crippen molar-refractivity contribution < 1.29 is 4.74 Å². The van der Waals surface area contributed by atoms with Crippen LogP contribution < -0.4 is 15.8 Å². The van der Waals surface area contributed by atoms with Gasteiger partial charge in [0, 0.05) is 17.9 Å². The average molecular weight is 273 g/mol. The van der Waals surface area contributed by atoms with E-state index in [1.807, 2.05) is 30.3 Å². The van der Waals surface area contributed by atoms with Crippen LogP contribution in [0.25, 0.3) is 0 Å². The largest absolute Gasteiger partial charge is 0.490 e. The first-order valence-corrected chi connectivity index (χ1v) is 6.93. The normalized spacial score (nSPS) is 24.6. The van der Waals surface area contributed by atoms with E-state index in [9.17, 15) is 0 Å². The number of nitrogens with zero attached hydrogens (tertiary/aromatic N) is 1. The molecule has 0 aromatic heterocycles. The molecule has 0 heterocycles. The van der Waals surface area contributed by atoms with Gasteiger partial charge in [0.2, 0.25) is 0 Å². The molecule has 4 heteroatoms. The van der Waals surface area contributed by atoms with E-state index in [4.69, 9.17) is 10.5 Å². The van der Waals surface area contributed by atoms with Gasteiger partial charge in [-0.3, -0.25) is 0 Å². The molecule has 0 bridgehead atoms. The molecule has 1 aliphatic rings. The van der Waals surface area contributed by atoms with Crippen LogP contribution in [0.15, 0.2) is 48.0 Å². The molecule has 2 rings (SSSR count). The highest BCUT2D eigenvalue weighted by Crippen LogP contribution is 2.42. The van der Waals surface area contributed by atoms with Crippen LogP contribution in [-0.4, -0.2) is 24.7 Å². The molecule has 1 aromatic rings. The van der Waals surface area contributed by atoms with Crippen LogP contribution in [0.5, 0.6) is 5.75 Å². The number of para-hydroxylation sites is 1. The number of nitrogens with one attached hydrogen (secondary N) is 1. The average Bonchev–Trinajstić information content (AvgIpc) is 2.45. The summed E-state index contributed by atoms with van der Waals surface area (Å²) in [4.78, 5) is 4.16. The summed E-state index contributed by atoms with van der Waals surface area (Å²) in [6.45, 7) is 8.53. The molecule has 1 saturated carbocycles. The van der Waals surface area contributed by atoms with E-state index < -0.39 is 0 Å². The highest BCUT2D eigenvalue weighted by molar-refractivity contribution is 5.78. The van der Waals surface area contributed by atoms with E-state index in [2.05, 4.69) is 30.7 Å². The van der Waals surface area contributed by atoms with Gasteiger partial charge >= 0.3 is 0 Å². The second-order valence-electron chi connectivity index (χ2n) is 5.69. The molecule has 1 aliphatic carbocycles. The molecule has 108 valence electrons. The van der Waals surface area contributed by atoms with Gasteiger partial charge in [0.05, 0.1) is 6.54 Å². The second-order valence-corrected chi connectivity index (χ2v) is 5.69. The summed E-state index contributed by atoms with van der Waals surface area (Å²) in [5, 5.41) is 3.26. The van der Waals surface area contributed by atoms with Gasteiger partial charge in [0.15, 0.2) is 5.96 Å². The Kier molecular flexibility index (Phi) is 4.32. The van der Waals surface area contributed by atoms with Crippen LogP contribution in [0.3, 0.4) is 0 Å². The Bertz CT molecular complexity index is 482. The van der Waals surface area contributed by atoms with Crippen molar-refractivity contribution in [1.82, 2.24) is 5.32 Å². The number of hydrogen-bond donors (Lipinski definition) is 2. The van der Waals surface area contributed by atoms with Crippen LogP contribution in [0, 0.1) is 5.41 Å². The van der Waals surface area contributed by atoms with Crippen LogP contribution in [0.4, 0.5) is 0 Å². The molecule has 0 aliphatic heterocycles. The highest BCUT2D eigenvalue weighted by atomic mass is 16.5. The summed E-state index contributed by atoms with van der Waals surface area (Å²) >= 11 is 0. The van der Waals surface area contributed by atoms with Crippen molar-refractivity contribution in [2.75, 3.05) is 6.54 Å². The standard InChI is InChI=1S/C16H23N3O/c1-4-10-18-15(17)19-13-11-14(16(13,2)3)20-12-8-6-5-7-9-12/h4-9,13-14H,1,10-11H2,2-3H3,(H3,17,18,19)/t13-,14+/m0/s1. The topological polar surface area (TPSA) is 59.6 Å². The van der Waals surface area contributed by atoms with Crippen LogP contribution in [-0.2, 0) is 0 Å². The van der Waals surface area contributed by atoms with E-state index in [-0.39, 0.29) is 17.6 Å². The molecule has 0 saturated heterocycles. The predicted octanol–water partition coefficient (Wildman–Crippen LogP) is 2.32. The summed E-state index contributed by atoms with van der Waals surface area (Å²) in [7, 11) is 0. The Morgan fingerprint density at radius 2 is 2.20 bits per heavy atom.